The molecular formula is C53H88O22. The normalized spacial score (nSPS) is 55.9. The first-order valence-electron chi connectivity index (χ1n) is 27.3. The van der Waals surface area contributed by atoms with Crippen molar-refractivity contribution in [1.82, 2.24) is 0 Å². The molecule has 75 heavy (non-hydrogen) atoms. The molecule has 432 valence electrons. The topological polar surface area (TPSA) is 357 Å². The quantitative estimate of drug-likeness (QED) is 0.0746. The Morgan fingerprint density at radius 2 is 1.16 bits per heavy atom. The van der Waals surface area contributed by atoms with Crippen molar-refractivity contribution < 1.29 is 109 Å². The van der Waals surface area contributed by atoms with Crippen LogP contribution in [0.1, 0.15) is 106 Å². The van der Waals surface area contributed by atoms with Gasteiger partial charge in [0.15, 0.2) is 25.2 Å². The Bertz CT molecular complexity index is 2020. The van der Waals surface area contributed by atoms with Crippen molar-refractivity contribution in [3.8, 4) is 0 Å². The number of hydrogen-bond acceptors (Lipinski definition) is 22. The van der Waals surface area contributed by atoms with E-state index in [1.807, 2.05) is 0 Å². The van der Waals surface area contributed by atoms with Crippen LogP contribution >= 0.6 is 0 Å². The summed E-state index contributed by atoms with van der Waals surface area (Å²) in [6, 6.07) is 0. The summed E-state index contributed by atoms with van der Waals surface area (Å²) < 4.78 is 49.0. The molecule has 9 aliphatic rings. The number of rotatable bonds is 12. The summed E-state index contributed by atoms with van der Waals surface area (Å²) in [7, 11) is 0. The number of aliphatic hydroxyl groups excluding tert-OH is 14. The molecule has 0 aromatic rings. The molecule has 22 heteroatoms. The highest BCUT2D eigenvalue weighted by Crippen LogP contribution is 2.76. The monoisotopic (exact) mass is 1080 g/mol. The third-order valence-electron chi connectivity index (χ3n) is 21.4. The van der Waals surface area contributed by atoms with E-state index in [0.717, 1.165) is 32.1 Å². The van der Waals surface area contributed by atoms with Gasteiger partial charge in [0, 0.05) is 12.0 Å². The second kappa shape index (κ2) is 21.3. The maximum atomic E-state index is 12.4. The van der Waals surface area contributed by atoms with Gasteiger partial charge in [-0.3, -0.25) is 0 Å². The average molecular weight is 1080 g/mol. The molecule has 29 atom stereocenters. The van der Waals surface area contributed by atoms with Gasteiger partial charge in [0.1, 0.15) is 85.5 Å². The van der Waals surface area contributed by atoms with Crippen molar-refractivity contribution in [3.63, 3.8) is 0 Å². The molecule has 0 bridgehead atoms. The summed E-state index contributed by atoms with van der Waals surface area (Å²) in [5.41, 5.74) is -1.01. The van der Waals surface area contributed by atoms with Gasteiger partial charge in [-0.05, 0) is 110 Å². The van der Waals surface area contributed by atoms with Gasteiger partial charge < -0.3 is 109 Å². The van der Waals surface area contributed by atoms with E-state index in [0.29, 0.717) is 25.7 Å². The van der Waals surface area contributed by atoms with Crippen LogP contribution in [-0.2, 0) is 37.9 Å². The van der Waals surface area contributed by atoms with Crippen LogP contribution in [-0.4, -0.2) is 233 Å². The molecule has 0 spiro atoms. The minimum absolute atomic E-state index is 0.0415. The van der Waals surface area contributed by atoms with Crippen LogP contribution in [0.15, 0.2) is 11.6 Å². The van der Waals surface area contributed by atoms with Crippen LogP contribution < -0.4 is 0 Å². The van der Waals surface area contributed by atoms with E-state index in [9.17, 15) is 71.5 Å². The first-order valence-corrected chi connectivity index (χ1v) is 27.3. The number of fused-ring (bicyclic) bond motifs is 7. The fraction of sp³-hybridized carbons (Fsp3) is 0.962. The highest BCUT2D eigenvalue weighted by molar-refractivity contribution is 5.35. The lowest BCUT2D eigenvalue weighted by Crippen LogP contribution is -2.68. The first kappa shape index (κ1) is 58.5. The van der Waals surface area contributed by atoms with Crippen molar-refractivity contribution in [2.24, 2.45) is 50.2 Å². The highest BCUT2D eigenvalue weighted by Gasteiger charge is 2.70. The minimum atomic E-state index is -1.89. The van der Waals surface area contributed by atoms with E-state index in [-0.39, 0.29) is 52.6 Å². The predicted octanol–water partition coefficient (Wildman–Crippen LogP) is -1.95. The zero-order valence-corrected chi connectivity index (χ0v) is 44.4. The zero-order valence-electron chi connectivity index (χ0n) is 44.4. The summed E-state index contributed by atoms with van der Waals surface area (Å²) in [4.78, 5) is 0. The summed E-state index contributed by atoms with van der Waals surface area (Å²) in [5.74, 6) is 0.245. The number of ether oxygens (including phenoxy) is 8. The molecule has 1 unspecified atom stereocenters. The van der Waals surface area contributed by atoms with Crippen LogP contribution in [0.5, 0.6) is 0 Å². The lowest BCUT2D eigenvalue weighted by atomic mass is 9.33. The molecule has 0 amide bonds. The Balaban J connectivity index is 0.973. The summed E-state index contributed by atoms with van der Waals surface area (Å²) >= 11 is 0. The van der Waals surface area contributed by atoms with E-state index in [4.69, 9.17) is 37.9 Å². The molecule has 8 fully saturated rings. The molecule has 4 saturated carbocycles. The van der Waals surface area contributed by atoms with E-state index in [1.54, 1.807) is 0 Å². The maximum Gasteiger partial charge on any atom is 0.187 e. The number of allylic oxidation sites excluding steroid dienone is 2. The van der Waals surface area contributed by atoms with Crippen molar-refractivity contribution in [1.29, 1.82) is 0 Å². The van der Waals surface area contributed by atoms with Gasteiger partial charge in [0.25, 0.3) is 0 Å². The Morgan fingerprint density at radius 3 is 1.79 bits per heavy atom. The maximum absolute atomic E-state index is 12.4. The van der Waals surface area contributed by atoms with Crippen molar-refractivity contribution in [2.75, 3.05) is 33.0 Å². The molecular weight excluding hydrogens is 989 g/mol. The largest absolute Gasteiger partial charge is 0.396 e. The van der Waals surface area contributed by atoms with Crippen LogP contribution in [0.4, 0.5) is 0 Å². The van der Waals surface area contributed by atoms with Gasteiger partial charge in [0.05, 0.1) is 44.7 Å². The van der Waals surface area contributed by atoms with Crippen molar-refractivity contribution in [2.45, 2.75) is 235 Å². The van der Waals surface area contributed by atoms with Crippen molar-refractivity contribution >= 4 is 0 Å². The second-order valence-corrected chi connectivity index (χ2v) is 25.8. The fourth-order valence-corrected chi connectivity index (χ4v) is 16.4. The fourth-order valence-electron chi connectivity index (χ4n) is 16.4. The number of aliphatic hydroxyl groups is 14. The molecule has 4 aliphatic heterocycles. The van der Waals surface area contributed by atoms with Crippen LogP contribution in [0.3, 0.4) is 0 Å². The molecule has 4 heterocycles. The second-order valence-electron chi connectivity index (χ2n) is 25.8. The Kier molecular flexibility index (Phi) is 16.6. The third kappa shape index (κ3) is 9.44. The Morgan fingerprint density at radius 1 is 0.560 bits per heavy atom. The molecule has 0 aromatic heterocycles. The van der Waals surface area contributed by atoms with Gasteiger partial charge in [-0.25, -0.2) is 0 Å². The van der Waals surface area contributed by atoms with Crippen molar-refractivity contribution in [3.05, 3.63) is 11.6 Å². The van der Waals surface area contributed by atoms with E-state index < -0.39 is 160 Å². The standard InChI is InChI=1S/C53H88O22/c1-23-33(59)37(63)40(66)44(69-23)75-43-39(65)35(61)27(19-55)71-47(43)72-28-20-68-46(42(36(28)62)74-45-41(67)38(64)34(60)26(18-54)70-45)73-32-11-12-50(5)29(48(32,2)3)10-13-51(6)30(50)9-8-24-25-16-49(4,21-56)14-15-53(25,22-57)31(58)17-52(24,51)7/h8,23,25-47,54-67H,9-22H2,1-7H3/t23-,25?,26+,27+,28-,29-,30+,31+,32-,33-,34+,35+,36-,37+,38-,39-,40+,41+,42+,43+,44-,45-,46-,47-,49-,50-,51+,52+,53+/m0/s1. The van der Waals surface area contributed by atoms with E-state index >= 15 is 0 Å². The first-order chi connectivity index (χ1) is 35.2. The van der Waals surface area contributed by atoms with Crippen LogP contribution in [0.25, 0.3) is 0 Å². The summed E-state index contributed by atoms with van der Waals surface area (Å²) in [5, 5.41) is 153. The predicted molar refractivity (Wildman–Crippen MR) is 258 cm³/mol. The van der Waals surface area contributed by atoms with Gasteiger partial charge in [-0.15, -0.1) is 0 Å². The molecule has 0 aromatic carbocycles. The highest BCUT2D eigenvalue weighted by atomic mass is 16.8. The van der Waals surface area contributed by atoms with Gasteiger partial charge >= 0.3 is 0 Å². The van der Waals surface area contributed by atoms with Crippen LogP contribution in [0, 0.1) is 50.2 Å². The lowest BCUT2D eigenvalue weighted by Gasteiger charge is -2.72. The number of hydrogen-bond donors (Lipinski definition) is 14. The molecule has 9 rings (SSSR count). The lowest BCUT2D eigenvalue weighted by molar-refractivity contribution is -0.394. The molecule has 22 nitrogen and oxygen atoms in total. The SMILES string of the molecule is C[C@@H]1O[C@@H](O[C@H]2[C@H](O[C@H]3CO[C@@H](O[C@H]4CC[C@]5(C)[C@H]6CC=C7C8C[C@@](C)(CO)CC[C@]8(CO)[C@H](O)C[C@@]7(C)[C@]6(C)CC[C@H]5C4(C)C)[C@H](O[C@@H]4O[C@H](CO)[C@@H](O)[C@H](O)[C@H]4O)[C@H]3O)O[C@H](CO)[C@@H](O)[C@@H]2O)[C@H](O)[C@H](O)[C@H]1O. The van der Waals surface area contributed by atoms with E-state index in [2.05, 4.69) is 47.6 Å². The minimum Gasteiger partial charge on any atom is -0.396 e. The van der Waals surface area contributed by atoms with Crippen LogP contribution in [0.2, 0.25) is 0 Å². The van der Waals surface area contributed by atoms with E-state index in [1.165, 1.54) is 12.5 Å². The summed E-state index contributed by atoms with van der Waals surface area (Å²) in [6.45, 7) is 12.9. The molecule has 5 aliphatic carbocycles. The molecule has 14 N–H and O–H groups in total. The zero-order chi connectivity index (χ0) is 54.7. The van der Waals surface area contributed by atoms with Gasteiger partial charge in [-0.1, -0.05) is 53.2 Å². The molecule has 4 saturated heterocycles. The average Bonchev–Trinajstić information content (AvgIpc) is 3.37. The smallest absolute Gasteiger partial charge is 0.187 e. The van der Waals surface area contributed by atoms with Gasteiger partial charge in [0.2, 0.25) is 0 Å². The Labute approximate surface area is 438 Å². The third-order valence-corrected chi connectivity index (χ3v) is 21.4. The molecule has 0 radical (unpaired) electrons. The van der Waals surface area contributed by atoms with Gasteiger partial charge in [-0.2, -0.15) is 0 Å². The summed E-state index contributed by atoms with van der Waals surface area (Å²) in [6.07, 6.45) is -23.6. The Hall–Kier alpha value is -1.14.